The van der Waals surface area contributed by atoms with Gasteiger partial charge in [-0.05, 0) is 43.0 Å². The van der Waals surface area contributed by atoms with Crippen molar-refractivity contribution in [2.45, 2.75) is 38.1 Å². The number of ether oxygens (including phenoxy) is 1. The second kappa shape index (κ2) is 5.41. The van der Waals surface area contributed by atoms with Gasteiger partial charge in [-0.15, -0.1) is 0 Å². The molecule has 1 fully saturated rings. The molecule has 0 radical (unpaired) electrons. The van der Waals surface area contributed by atoms with E-state index in [0.717, 1.165) is 24.2 Å². The lowest BCUT2D eigenvalue weighted by Crippen LogP contribution is -2.41. The normalized spacial score (nSPS) is 22.7. The Bertz CT molecular complexity index is 483. The predicted octanol–water partition coefficient (Wildman–Crippen LogP) is 2.95. The van der Waals surface area contributed by atoms with Gasteiger partial charge in [0.1, 0.15) is 12.4 Å². The van der Waals surface area contributed by atoms with Crippen LogP contribution < -0.4 is 10.1 Å². The van der Waals surface area contributed by atoms with E-state index in [1.165, 1.54) is 12.8 Å². The van der Waals surface area contributed by atoms with Crippen LogP contribution >= 0.6 is 11.6 Å². The molecule has 19 heavy (non-hydrogen) atoms. The first-order valence-electron chi connectivity index (χ1n) is 6.94. The minimum absolute atomic E-state index is 0.0911. The Morgan fingerprint density at radius 3 is 2.89 bits per heavy atom. The SMILES string of the molecule is O=C(NC1CCCC1)[C@@H]1COc2ccc(Cl)cc2C1. The zero-order chi connectivity index (χ0) is 13.2. The molecule has 1 N–H and O–H groups in total. The summed E-state index contributed by atoms with van der Waals surface area (Å²) in [6.07, 6.45) is 5.40. The summed E-state index contributed by atoms with van der Waals surface area (Å²) in [6, 6.07) is 5.96. The maximum atomic E-state index is 12.2. The Morgan fingerprint density at radius 2 is 2.11 bits per heavy atom. The molecule has 0 bridgehead atoms. The van der Waals surface area contributed by atoms with Crippen LogP contribution in [0.1, 0.15) is 31.2 Å². The average Bonchev–Trinajstić information content (AvgIpc) is 2.90. The van der Waals surface area contributed by atoms with Gasteiger partial charge in [-0.3, -0.25) is 4.79 Å². The second-order valence-electron chi connectivity index (χ2n) is 5.45. The third-order valence-electron chi connectivity index (χ3n) is 4.00. The zero-order valence-corrected chi connectivity index (χ0v) is 11.6. The Kier molecular flexibility index (Phi) is 3.65. The highest BCUT2D eigenvalue weighted by molar-refractivity contribution is 6.30. The van der Waals surface area contributed by atoms with Crippen molar-refractivity contribution < 1.29 is 9.53 Å². The summed E-state index contributed by atoms with van der Waals surface area (Å²) in [6.45, 7) is 0.465. The van der Waals surface area contributed by atoms with E-state index in [1.54, 1.807) is 0 Å². The number of nitrogens with one attached hydrogen (secondary N) is 1. The quantitative estimate of drug-likeness (QED) is 0.904. The van der Waals surface area contributed by atoms with Crippen LogP contribution in [0.15, 0.2) is 18.2 Å². The van der Waals surface area contributed by atoms with Crippen molar-refractivity contribution in [1.29, 1.82) is 0 Å². The highest BCUT2D eigenvalue weighted by Crippen LogP contribution is 2.30. The highest BCUT2D eigenvalue weighted by atomic mass is 35.5. The van der Waals surface area contributed by atoms with E-state index >= 15 is 0 Å². The van der Waals surface area contributed by atoms with Crippen LogP contribution in [0.3, 0.4) is 0 Å². The predicted molar refractivity (Wildman–Crippen MR) is 74.5 cm³/mol. The minimum atomic E-state index is -0.0911. The van der Waals surface area contributed by atoms with Crippen molar-refractivity contribution in [1.82, 2.24) is 5.32 Å². The number of hydrogen-bond donors (Lipinski definition) is 1. The van der Waals surface area contributed by atoms with Crippen LogP contribution in [0.4, 0.5) is 0 Å². The number of hydrogen-bond acceptors (Lipinski definition) is 2. The molecule has 102 valence electrons. The Balaban J connectivity index is 1.65. The fourth-order valence-corrected chi connectivity index (χ4v) is 3.12. The van der Waals surface area contributed by atoms with Gasteiger partial charge in [0.25, 0.3) is 0 Å². The van der Waals surface area contributed by atoms with E-state index in [1.807, 2.05) is 18.2 Å². The lowest BCUT2D eigenvalue weighted by atomic mass is 9.95. The maximum Gasteiger partial charge on any atom is 0.227 e. The first-order valence-corrected chi connectivity index (χ1v) is 7.32. The van der Waals surface area contributed by atoms with Gasteiger partial charge < -0.3 is 10.1 Å². The summed E-state index contributed by atoms with van der Waals surface area (Å²) in [5, 5.41) is 3.84. The van der Waals surface area contributed by atoms with Gasteiger partial charge in [0.15, 0.2) is 0 Å². The zero-order valence-electron chi connectivity index (χ0n) is 10.8. The summed E-state index contributed by atoms with van der Waals surface area (Å²) < 4.78 is 5.66. The largest absolute Gasteiger partial charge is 0.492 e. The molecule has 0 unspecified atom stereocenters. The van der Waals surface area contributed by atoms with E-state index < -0.39 is 0 Å². The molecule has 3 nitrogen and oxygen atoms in total. The Hall–Kier alpha value is -1.22. The molecule has 1 saturated carbocycles. The van der Waals surface area contributed by atoms with E-state index in [2.05, 4.69) is 5.32 Å². The molecule has 1 amide bonds. The standard InChI is InChI=1S/C15H18ClNO2/c16-12-5-6-14-10(8-12)7-11(9-19-14)15(18)17-13-3-1-2-4-13/h5-6,8,11,13H,1-4,7,9H2,(H,17,18)/t11-/m0/s1. The third kappa shape index (κ3) is 2.86. The Labute approximate surface area is 118 Å². The monoisotopic (exact) mass is 279 g/mol. The highest BCUT2D eigenvalue weighted by Gasteiger charge is 2.28. The number of amides is 1. The van der Waals surface area contributed by atoms with Crippen LogP contribution in [0.25, 0.3) is 0 Å². The smallest absolute Gasteiger partial charge is 0.227 e. The lowest BCUT2D eigenvalue weighted by Gasteiger charge is -2.26. The average molecular weight is 280 g/mol. The van der Waals surface area contributed by atoms with E-state index in [0.29, 0.717) is 24.1 Å². The van der Waals surface area contributed by atoms with Crippen molar-refractivity contribution in [2.75, 3.05) is 6.61 Å². The number of carbonyl (C=O) groups is 1. The van der Waals surface area contributed by atoms with Crippen LogP contribution in [0.2, 0.25) is 5.02 Å². The summed E-state index contributed by atoms with van der Waals surface area (Å²) in [5.41, 5.74) is 1.03. The van der Waals surface area contributed by atoms with Crippen molar-refractivity contribution >= 4 is 17.5 Å². The van der Waals surface area contributed by atoms with Gasteiger partial charge >= 0.3 is 0 Å². The van der Waals surface area contributed by atoms with Crippen molar-refractivity contribution in [2.24, 2.45) is 5.92 Å². The summed E-state index contributed by atoms with van der Waals surface area (Å²) in [5.74, 6) is 0.887. The van der Waals surface area contributed by atoms with Crippen LogP contribution in [-0.2, 0) is 11.2 Å². The molecule has 0 aromatic heterocycles. The molecule has 0 saturated heterocycles. The molecule has 4 heteroatoms. The first-order chi connectivity index (χ1) is 9.22. The lowest BCUT2D eigenvalue weighted by molar-refractivity contribution is -0.127. The number of halogens is 1. The first kappa shape index (κ1) is 12.8. The molecular formula is C15H18ClNO2. The van der Waals surface area contributed by atoms with Gasteiger partial charge in [-0.2, -0.15) is 0 Å². The minimum Gasteiger partial charge on any atom is -0.492 e. The van der Waals surface area contributed by atoms with Crippen molar-refractivity contribution in [3.05, 3.63) is 28.8 Å². The molecule has 1 heterocycles. The molecule has 2 aliphatic rings. The van der Waals surface area contributed by atoms with Crippen LogP contribution in [0, 0.1) is 5.92 Å². The number of fused-ring (bicyclic) bond motifs is 1. The number of benzene rings is 1. The fraction of sp³-hybridized carbons (Fsp3) is 0.533. The summed E-state index contributed by atoms with van der Waals surface area (Å²) in [7, 11) is 0. The van der Waals surface area contributed by atoms with Gasteiger partial charge in [0, 0.05) is 11.1 Å². The van der Waals surface area contributed by atoms with Crippen molar-refractivity contribution in [3.63, 3.8) is 0 Å². The molecule has 1 aliphatic carbocycles. The molecule has 0 spiro atoms. The van der Waals surface area contributed by atoms with E-state index in [9.17, 15) is 4.79 Å². The van der Waals surface area contributed by atoms with Gasteiger partial charge in [-0.1, -0.05) is 24.4 Å². The molecule has 1 aliphatic heterocycles. The second-order valence-corrected chi connectivity index (χ2v) is 5.89. The Morgan fingerprint density at radius 1 is 1.32 bits per heavy atom. The molecule has 1 atom stereocenters. The van der Waals surface area contributed by atoms with Crippen LogP contribution in [0.5, 0.6) is 5.75 Å². The number of carbonyl (C=O) groups excluding carboxylic acids is 1. The molecule has 1 aromatic carbocycles. The molecular weight excluding hydrogens is 262 g/mol. The van der Waals surface area contributed by atoms with Crippen LogP contribution in [-0.4, -0.2) is 18.6 Å². The summed E-state index contributed by atoms with van der Waals surface area (Å²) >= 11 is 5.99. The fourth-order valence-electron chi connectivity index (χ4n) is 2.92. The van der Waals surface area contributed by atoms with Crippen molar-refractivity contribution in [3.8, 4) is 5.75 Å². The topological polar surface area (TPSA) is 38.3 Å². The van der Waals surface area contributed by atoms with E-state index in [-0.39, 0.29) is 11.8 Å². The third-order valence-corrected chi connectivity index (χ3v) is 4.24. The summed E-state index contributed by atoms with van der Waals surface area (Å²) in [4.78, 5) is 12.2. The maximum absolute atomic E-state index is 12.2. The molecule has 3 rings (SSSR count). The number of rotatable bonds is 2. The molecule has 1 aromatic rings. The van der Waals surface area contributed by atoms with Gasteiger partial charge in [-0.25, -0.2) is 0 Å². The van der Waals surface area contributed by atoms with E-state index in [4.69, 9.17) is 16.3 Å². The van der Waals surface area contributed by atoms with Gasteiger partial charge in [0.05, 0.1) is 5.92 Å². The van der Waals surface area contributed by atoms with Gasteiger partial charge in [0.2, 0.25) is 5.91 Å².